The van der Waals surface area contributed by atoms with Crippen LogP contribution in [-0.2, 0) is 6.18 Å². The number of hydrogen-bond donors (Lipinski definition) is 2. The highest BCUT2D eigenvalue weighted by molar-refractivity contribution is 5.98. The molecule has 3 N–H and O–H groups in total. The molecule has 0 aliphatic heterocycles. The fourth-order valence-electron chi connectivity index (χ4n) is 2.23. The number of nitrogens with one attached hydrogen (secondary N) is 1. The lowest BCUT2D eigenvalue weighted by atomic mass is 10.1. The minimum Gasteiger partial charge on any atom is -0.394 e. The fraction of sp³-hybridized carbons (Fsp3) is 0.154. The third kappa shape index (κ3) is 1.82. The molecule has 0 spiro atoms. The van der Waals surface area contributed by atoms with Gasteiger partial charge in [-0.3, -0.25) is 0 Å². The Hall–Kier alpha value is -2.44. The van der Waals surface area contributed by atoms with Crippen LogP contribution in [0.25, 0.3) is 22.2 Å². The van der Waals surface area contributed by atoms with Gasteiger partial charge in [0.25, 0.3) is 0 Å². The number of alkyl halides is 3. The van der Waals surface area contributed by atoms with Gasteiger partial charge in [0.1, 0.15) is 5.69 Å². The van der Waals surface area contributed by atoms with Crippen molar-refractivity contribution in [3.8, 4) is 11.3 Å². The quantitative estimate of drug-likeness (QED) is 0.714. The molecule has 1 aromatic carbocycles. The van der Waals surface area contributed by atoms with E-state index in [4.69, 9.17) is 10.3 Å². The summed E-state index contributed by atoms with van der Waals surface area (Å²) in [6.07, 6.45) is -3.08. The van der Waals surface area contributed by atoms with Gasteiger partial charge >= 0.3 is 6.18 Å². The van der Waals surface area contributed by atoms with E-state index in [2.05, 4.69) is 10.1 Å². The summed E-state index contributed by atoms with van der Waals surface area (Å²) in [5.74, 6) is 0.271. The first-order valence-electron chi connectivity index (χ1n) is 5.78. The molecule has 0 radical (unpaired) electrons. The summed E-state index contributed by atoms with van der Waals surface area (Å²) in [5.41, 5.74) is 7.04. The third-order valence-electron chi connectivity index (χ3n) is 3.14. The molecule has 0 fully saturated rings. The Morgan fingerprint density at radius 1 is 1.30 bits per heavy atom. The van der Waals surface area contributed by atoms with E-state index in [-0.39, 0.29) is 11.4 Å². The maximum Gasteiger partial charge on any atom is 0.416 e. The van der Waals surface area contributed by atoms with Crippen molar-refractivity contribution in [3.63, 3.8) is 0 Å². The number of aromatic nitrogens is 2. The van der Waals surface area contributed by atoms with Crippen LogP contribution in [0, 0.1) is 6.92 Å². The number of anilines is 1. The number of benzene rings is 1. The third-order valence-corrected chi connectivity index (χ3v) is 3.14. The van der Waals surface area contributed by atoms with Crippen LogP contribution in [0.15, 0.2) is 28.9 Å². The number of aryl methyl sites for hydroxylation is 1. The monoisotopic (exact) mass is 281 g/mol. The predicted molar refractivity (Wildman–Crippen MR) is 67.9 cm³/mol. The molecule has 104 valence electrons. The van der Waals surface area contributed by atoms with Gasteiger partial charge in [0.2, 0.25) is 0 Å². The molecule has 0 amide bonds. The van der Waals surface area contributed by atoms with Gasteiger partial charge in [0, 0.05) is 16.6 Å². The molecule has 0 atom stereocenters. The van der Waals surface area contributed by atoms with Gasteiger partial charge in [0.05, 0.1) is 17.3 Å². The predicted octanol–water partition coefficient (Wildman–Crippen LogP) is 3.73. The molecule has 7 heteroatoms. The van der Waals surface area contributed by atoms with Gasteiger partial charge in [-0.25, -0.2) is 0 Å². The molecule has 0 saturated heterocycles. The fourth-order valence-corrected chi connectivity index (χ4v) is 2.23. The van der Waals surface area contributed by atoms with E-state index in [1.54, 1.807) is 6.92 Å². The highest BCUT2D eigenvalue weighted by Gasteiger charge is 2.31. The second-order valence-electron chi connectivity index (χ2n) is 4.49. The van der Waals surface area contributed by atoms with Gasteiger partial charge in [-0.05, 0) is 25.1 Å². The number of aromatic amines is 1. The molecule has 3 aromatic rings. The maximum atomic E-state index is 12.8. The molecule has 3 rings (SSSR count). The number of fused-ring (bicyclic) bond motifs is 1. The van der Waals surface area contributed by atoms with E-state index in [0.717, 1.165) is 12.1 Å². The van der Waals surface area contributed by atoms with Gasteiger partial charge in [-0.2, -0.15) is 13.2 Å². The summed E-state index contributed by atoms with van der Waals surface area (Å²) in [7, 11) is 0. The second kappa shape index (κ2) is 4.03. The van der Waals surface area contributed by atoms with Crippen molar-refractivity contribution >= 4 is 16.6 Å². The maximum absolute atomic E-state index is 12.8. The van der Waals surface area contributed by atoms with Crippen molar-refractivity contribution in [2.75, 3.05) is 5.73 Å². The molecular weight excluding hydrogens is 271 g/mol. The Morgan fingerprint density at radius 2 is 2.05 bits per heavy atom. The smallest absolute Gasteiger partial charge is 0.394 e. The Morgan fingerprint density at radius 3 is 2.65 bits per heavy atom. The normalized spacial score (nSPS) is 12.2. The lowest BCUT2D eigenvalue weighted by molar-refractivity contribution is -0.137. The van der Waals surface area contributed by atoms with Crippen LogP contribution in [0.3, 0.4) is 0 Å². The van der Waals surface area contributed by atoms with Crippen LogP contribution in [0.2, 0.25) is 0 Å². The highest BCUT2D eigenvalue weighted by atomic mass is 19.4. The lowest BCUT2D eigenvalue weighted by Crippen LogP contribution is -2.04. The minimum atomic E-state index is -4.40. The highest BCUT2D eigenvalue weighted by Crippen LogP contribution is 2.38. The van der Waals surface area contributed by atoms with Crippen molar-refractivity contribution < 1.29 is 17.7 Å². The zero-order chi connectivity index (χ0) is 14.5. The zero-order valence-electron chi connectivity index (χ0n) is 10.4. The Kier molecular flexibility index (Phi) is 2.53. The average Bonchev–Trinajstić information content (AvgIpc) is 2.89. The molecule has 0 unspecified atom stereocenters. The van der Waals surface area contributed by atoms with Gasteiger partial charge in [0.15, 0.2) is 5.76 Å². The number of rotatable bonds is 1. The first-order chi connectivity index (χ1) is 9.38. The molecule has 4 nitrogen and oxygen atoms in total. The summed E-state index contributed by atoms with van der Waals surface area (Å²) in [6.45, 7) is 1.74. The molecule has 2 heterocycles. The van der Waals surface area contributed by atoms with Crippen LogP contribution in [-0.4, -0.2) is 10.1 Å². The molecule has 0 saturated carbocycles. The van der Waals surface area contributed by atoms with E-state index < -0.39 is 11.7 Å². The Labute approximate surface area is 111 Å². The van der Waals surface area contributed by atoms with E-state index in [1.807, 2.05) is 0 Å². The van der Waals surface area contributed by atoms with Crippen LogP contribution < -0.4 is 5.73 Å². The van der Waals surface area contributed by atoms with Crippen molar-refractivity contribution in [2.45, 2.75) is 13.1 Å². The first kappa shape index (κ1) is 12.6. The molecule has 0 aliphatic carbocycles. The van der Waals surface area contributed by atoms with Crippen LogP contribution in [0.1, 0.15) is 11.3 Å². The topological polar surface area (TPSA) is 67.8 Å². The summed E-state index contributed by atoms with van der Waals surface area (Å²) in [5, 5.41) is 3.96. The molecule has 0 bridgehead atoms. The zero-order valence-corrected chi connectivity index (χ0v) is 10.4. The summed E-state index contributed by atoms with van der Waals surface area (Å²) >= 11 is 0. The number of nitrogen functional groups attached to an aromatic ring is 1. The van der Waals surface area contributed by atoms with E-state index >= 15 is 0 Å². The van der Waals surface area contributed by atoms with Gasteiger partial charge in [-0.1, -0.05) is 5.16 Å². The number of nitrogens with two attached hydrogens (primary N) is 1. The number of nitrogens with zero attached hydrogens (tertiary/aromatic N) is 1. The van der Waals surface area contributed by atoms with Crippen molar-refractivity contribution in [1.29, 1.82) is 0 Å². The van der Waals surface area contributed by atoms with E-state index in [1.165, 1.54) is 12.3 Å². The molecular formula is C13H10F3N3O. The molecule has 0 aliphatic rings. The lowest BCUT2D eigenvalue weighted by Gasteiger charge is -2.06. The van der Waals surface area contributed by atoms with E-state index in [0.29, 0.717) is 22.2 Å². The second-order valence-corrected chi connectivity index (χ2v) is 4.49. The van der Waals surface area contributed by atoms with Crippen LogP contribution in [0.4, 0.5) is 18.9 Å². The van der Waals surface area contributed by atoms with E-state index in [9.17, 15) is 13.2 Å². The summed E-state index contributed by atoms with van der Waals surface area (Å²) in [4.78, 5) is 3.01. The number of hydrogen-bond acceptors (Lipinski definition) is 3. The Bertz CT molecular complexity index is 786. The van der Waals surface area contributed by atoms with Gasteiger partial charge in [-0.15, -0.1) is 0 Å². The first-order valence-corrected chi connectivity index (χ1v) is 5.78. The SMILES string of the molecule is Cc1[nH]c2ccc(C(F)(F)F)cc2c1-c1oncc1N. The standard InChI is InChI=1S/C13H10F3N3O/c1-6-11(12-9(17)5-18-20-12)8-4-7(13(14,15)16)2-3-10(8)19-6/h2-5,19H,17H2,1H3. The summed E-state index contributed by atoms with van der Waals surface area (Å²) in [6, 6.07) is 3.50. The number of halogens is 3. The molecule has 2 aromatic heterocycles. The van der Waals surface area contributed by atoms with Crippen LogP contribution in [0.5, 0.6) is 0 Å². The van der Waals surface area contributed by atoms with Gasteiger partial charge < -0.3 is 15.2 Å². The van der Waals surface area contributed by atoms with Crippen molar-refractivity contribution in [3.05, 3.63) is 35.7 Å². The number of H-pyrrole nitrogens is 1. The minimum absolute atomic E-state index is 0.271. The van der Waals surface area contributed by atoms with Crippen molar-refractivity contribution in [2.24, 2.45) is 0 Å². The van der Waals surface area contributed by atoms with Crippen LogP contribution >= 0.6 is 0 Å². The Balaban J connectivity index is 2.31. The van der Waals surface area contributed by atoms with Crippen molar-refractivity contribution in [1.82, 2.24) is 10.1 Å². The summed E-state index contributed by atoms with van der Waals surface area (Å²) < 4.78 is 43.5. The average molecular weight is 281 g/mol. The largest absolute Gasteiger partial charge is 0.416 e. The molecule has 20 heavy (non-hydrogen) atoms.